The van der Waals surface area contributed by atoms with Gasteiger partial charge in [-0.05, 0) is 43.2 Å². The molecule has 0 aromatic heterocycles. The monoisotopic (exact) mass is 318 g/mol. The predicted octanol–water partition coefficient (Wildman–Crippen LogP) is 3.89. The Hall–Kier alpha value is -2.04. The first-order valence-corrected chi connectivity index (χ1v) is 7.34. The normalized spacial score (nSPS) is 11.1. The van der Waals surface area contributed by atoms with E-state index in [4.69, 9.17) is 11.6 Å². The molecule has 0 bridgehead atoms. The molecular weight excluding hydrogens is 300 g/mol. The van der Waals surface area contributed by atoms with E-state index in [1.807, 2.05) is 24.3 Å². The Bertz CT molecular complexity index is 648. The lowest BCUT2D eigenvalue weighted by Gasteiger charge is -2.18. The Labute approximate surface area is 135 Å². The van der Waals surface area contributed by atoms with Crippen molar-refractivity contribution < 1.29 is 9.90 Å². The third kappa shape index (κ3) is 4.76. The van der Waals surface area contributed by atoms with E-state index in [-0.39, 0.29) is 6.03 Å². The molecule has 2 amide bonds. The van der Waals surface area contributed by atoms with Gasteiger partial charge in [0.1, 0.15) is 0 Å². The Morgan fingerprint density at radius 3 is 2.45 bits per heavy atom. The number of anilines is 1. The van der Waals surface area contributed by atoms with Crippen LogP contribution in [0.2, 0.25) is 5.02 Å². The van der Waals surface area contributed by atoms with Gasteiger partial charge in [0.2, 0.25) is 0 Å². The zero-order valence-corrected chi connectivity index (χ0v) is 13.3. The summed E-state index contributed by atoms with van der Waals surface area (Å²) in [5.41, 5.74) is 1.56. The van der Waals surface area contributed by atoms with Gasteiger partial charge >= 0.3 is 6.03 Å². The van der Waals surface area contributed by atoms with Gasteiger partial charge < -0.3 is 15.7 Å². The Morgan fingerprint density at radius 2 is 1.86 bits per heavy atom. The van der Waals surface area contributed by atoms with Crippen molar-refractivity contribution in [1.82, 2.24) is 5.32 Å². The fourth-order valence-electron chi connectivity index (χ4n) is 1.95. The van der Waals surface area contributed by atoms with Crippen LogP contribution < -0.4 is 10.6 Å². The molecule has 2 aromatic rings. The molecule has 0 atom stereocenters. The van der Waals surface area contributed by atoms with E-state index >= 15 is 0 Å². The Balaban J connectivity index is 1.88. The maximum atomic E-state index is 11.8. The maximum absolute atomic E-state index is 11.8. The number of hydrogen-bond donors (Lipinski definition) is 3. The van der Waals surface area contributed by atoms with Crippen LogP contribution in [0.15, 0.2) is 48.5 Å². The maximum Gasteiger partial charge on any atom is 0.319 e. The van der Waals surface area contributed by atoms with Gasteiger partial charge in [-0.2, -0.15) is 0 Å². The number of aliphatic hydroxyl groups is 1. The van der Waals surface area contributed by atoms with E-state index in [1.54, 1.807) is 38.1 Å². The second kappa shape index (κ2) is 6.81. The van der Waals surface area contributed by atoms with Crippen molar-refractivity contribution in [2.24, 2.45) is 0 Å². The van der Waals surface area contributed by atoms with Gasteiger partial charge in [-0.25, -0.2) is 4.79 Å². The molecule has 0 heterocycles. The predicted molar refractivity (Wildman–Crippen MR) is 89.0 cm³/mol. The summed E-state index contributed by atoms with van der Waals surface area (Å²) in [5.74, 6) is 0. The van der Waals surface area contributed by atoms with Gasteiger partial charge in [0.05, 0.1) is 5.60 Å². The van der Waals surface area contributed by atoms with E-state index < -0.39 is 5.60 Å². The number of rotatable bonds is 4. The van der Waals surface area contributed by atoms with Crippen molar-refractivity contribution in [2.75, 3.05) is 5.32 Å². The standard InChI is InChI=1S/C17H19ClN2O2/c1-17(2,22)13-8-6-12(7-9-13)11-19-16(21)20-15-5-3-4-14(18)10-15/h3-10,22H,11H2,1-2H3,(H2,19,20,21). The van der Waals surface area contributed by atoms with E-state index in [0.717, 1.165) is 11.1 Å². The molecular formula is C17H19ClN2O2. The van der Waals surface area contributed by atoms with Crippen LogP contribution in [0.1, 0.15) is 25.0 Å². The second-order valence-corrected chi connectivity index (χ2v) is 6.01. The summed E-state index contributed by atoms with van der Waals surface area (Å²) in [4.78, 5) is 11.8. The Kier molecular flexibility index (Phi) is 5.06. The molecule has 0 spiro atoms. The van der Waals surface area contributed by atoms with Gasteiger partial charge in [0.25, 0.3) is 0 Å². The van der Waals surface area contributed by atoms with E-state index in [2.05, 4.69) is 10.6 Å². The summed E-state index contributed by atoms with van der Waals surface area (Å²) in [6.45, 7) is 3.87. The first-order chi connectivity index (χ1) is 10.3. The molecule has 0 saturated carbocycles. The lowest BCUT2D eigenvalue weighted by atomic mass is 9.97. The van der Waals surface area contributed by atoms with Crippen LogP contribution >= 0.6 is 11.6 Å². The fraction of sp³-hybridized carbons (Fsp3) is 0.235. The van der Waals surface area contributed by atoms with Crippen LogP contribution in [0.3, 0.4) is 0 Å². The molecule has 4 nitrogen and oxygen atoms in total. The average Bonchev–Trinajstić information content (AvgIpc) is 2.45. The Morgan fingerprint density at radius 1 is 1.18 bits per heavy atom. The van der Waals surface area contributed by atoms with Gasteiger partial charge in [0, 0.05) is 17.3 Å². The number of hydrogen-bond acceptors (Lipinski definition) is 2. The van der Waals surface area contributed by atoms with Crippen molar-refractivity contribution >= 4 is 23.3 Å². The topological polar surface area (TPSA) is 61.4 Å². The van der Waals surface area contributed by atoms with Gasteiger partial charge in [-0.15, -0.1) is 0 Å². The van der Waals surface area contributed by atoms with Crippen LogP contribution in [-0.4, -0.2) is 11.1 Å². The van der Waals surface area contributed by atoms with Crippen LogP contribution in [0, 0.1) is 0 Å². The zero-order valence-electron chi connectivity index (χ0n) is 12.6. The number of urea groups is 1. The van der Waals surface area contributed by atoms with Crippen molar-refractivity contribution in [3.63, 3.8) is 0 Å². The molecule has 116 valence electrons. The summed E-state index contributed by atoms with van der Waals surface area (Å²) in [5, 5.41) is 15.9. The first-order valence-electron chi connectivity index (χ1n) is 6.97. The van der Waals surface area contributed by atoms with E-state index in [9.17, 15) is 9.90 Å². The molecule has 2 aromatic carbocycles. The molecule has 3 N–H and O–H groups in total. The zero-order chi connectivity index (χ0) is 16.2. The summed E-state index contributed by atoms with van der Waals surface area (Å²) in [6.07, 6.45) is 0. The molecule has 0 saturated heterocycles. The molecule has 0 radical (unpaired) electrons. The molecule has 0 fully saturated rings. The van der Waals surface area contributed by atoms with Gasteiger partial charge in [-0.1, -0.05) is 41.9 Å². The number of nitrogens with one attached hydrogen (secondary N) is 2. The van der Waals surface area contributed by atoms with E-state index in [0.29, 0.717) is 17.3 Å². The number of carbonyl (C=O) groups is 1. The van der Waals surface area contributed by atoms with Gasteiger partial charge in [0.15, 0.2) is 0 Å². The third-order valence-corrected chi connectivity index (χ3v) is 3.43. The second-order valence-electron chi connectivity index (χ2n) is 5.57. The lowest BCUT2D eigenvalue weighted by molar-refractivity contribution is 0.0786. The van der Waals surface area contributed by atoms with Crippen LogP contribution in [0.4, 0.5) is 10.5 Å². The highest BCUT2D eigenvalue weighted by molar-refractivity contribution is 6.30. The number of halogens is 1. The highest BCUT2D eigenvalue weighted by Gasteiger charge is 2.15. The summed E-state index contributed by atoms with van der Waals surface area (Å²) >= 11 is 5.86. The summed E-state index contributed by atoms with van der Waals surface area (Å²) in [6, 6.07) is 14.1. The van der Waals surface area contributed by atoms with Crippen LogP contribution in [0.5, 0.6) is 0 Å². The molecule has 2 rings (SSSR count). The molecule has 0 aliphatic heterocycles. The minimum Gasteiger partial charge on any atom is -0.386 e. The fourth-order valence-corrected chi connectivity index (χ4v) is 2.14. The molecule has 0 unspecified atom stereocenters. The molecule has 22 heavy (non-hydrogen) atoms. The van der Waals surface area contributed by atoms with Crippen molar-refractivity contribution in [3.05, 3.63) is 64.7 Å². The number of carbonyl (C=O) groups excluding carboxylic acids is 1. The number of amides is 2. The lowest BCUT2D eigenvalue weighted by Crippen LogP contribution is -2.28. The number of benzene rings is 2. The summed E-state index contributed by atoms with van der Waals surface area (Å²) < 4.78 is 0. The largest absolute Gasteiger partial charge is 0.386 e. The van der Waals surface area contributed by atoms with Crippen LogP contribution in [-0.2, 0) is 12.1 Å². The first kappa shape index (κ1) is 16.3. The minimum absolute atomic E-state index is 0.297. The highest BCUT2D eigenvalue weighted by atomic mass is 35.5. The van der Waals surface area contributed by atoms with Gasteiger partial charge in [-0.3, -0.25) is 0 Å². The minimum atomic E-state index is -0.865. The molecule has 5 heteroatoms. The SMILES string of the molecule is CC(C)(O)c1ccc(CNC(=O)Nc2cccc(Cl)c2)cc1. The molecule has 0 aliphatic rings. The smallest absolute Gasteiger partial charge is 0.319 e. The van der Waals surface area contributed by atoms with E-state index in [1.165, 1.54) is 0 Å². The van der Waals surface area contributed by atoms with Crippen molar-refractivity contribution in [1.29, 1.82) is 0 Å². The molecule has 0 aliphatic carbocycles. The van der Waals surface area contributed by atoms with Crippen LogP contribution in [0.25, 0.3) is 0 Å². The van der Waals surface area contributed by atoms with Crippen molar-refractivity contribution in [3.8, 4) is 0 Å². The third-order valence-electron chi connectivity index (χ3n) is 3.20. The summed E-state index contributed by atoms with van der Waals surface area (Å²) in [7, 11) is 0. The van der Waals surface area contributed by atoms with Crippen molar-refractivity contribution in [2.45, 2.75) is 26.0 Å². The highest BCUT2D eigenvalue weighted by Crippen LogP contribution is 2.19. The average molecular weight is 319 g/mol. The quantitative estimate of drug-likeness (QED) is 0.801.